The number of aromatic nitrogens is 1. The van der Waals surface area contributed by atoms with Gasteiger partial charge in [-0.3, -0.25) is 0 Å². The number of benzene rings is 1. The van der Waals surface area contributed by atoms with E-state index >= 15 is 0 Å². The predicted molar refractivity (Wildman–Crippen MR) is 60.1 cm³/mol. The highest BCUT2D eigenvalue weighted by Crippen LogP contribution is 2.27. The number of nitrogens with zero attached hydrogens (tertiary/aromatic N) is 1. The number of nitrogens with one attached hydrogen (secondary N) is 1. The first kappa shape index (κ1) is 9.29. The van der Waals surface area contributed by atoms with Gasteiger partial charge in [0.05, 0.1) is 16.2 Å². The van der Waals surface area contributed by atoms with Crippen molar-refractivity contribution in [2.75, 3.05) is 0 Å². The van der Waals surface area contributed by atoms with Crippen LogP contribution in [0.25, 0.3) is 10.9 Å². The molecular weight excluding hydrogens is 240 g/mol. The molecule has 0 spiro atoms. The van der Waals surface area contributed by atoms with Crippen LogP contribution in [0, 0.1) is 11.3 Å². The van der Waals surface area contributed by atoms with Crippen LogP contribution in [0.4, 0.5) is 0 Å². The molecular formula is C11H9BrN2. The highest BCUT2D eigenvalue weighted by atomic mass is 79.9. The molecule has 0 atom stereocenters. The number of halogens is 1. The molecule has 1 heterocycles. The summed E-state index contributed by atoms with van der Waals surface area (Å²) in [6, 6.07) is 7.84. The molecule has 0 aliphatic carbocycles. The molecule has 70 valence electrons. The molecule has 2 rings (SSSR count). The number of rotatable bonds is 1. The van der Waals surface area contributed by atoms with Gasteiger partial charge in [-0.05, 0) is 46.1 Å². The Kier molecular flexibility index (Phi) is 2.30. The summed E-state index contributed by atoms with van der Waals surface area (Å²) in [4.78, 5) is 3.24. The van der Waals surface area contributed by atoms with Gasteiger partial charge in [0.15, 0.2) is 0 Å². The van der Waals surface area contributed by atoms with Crippen molar-refractivity contribution in [1.82, 2.24) is 4.98 Å². The number of aromatic amines is 1. The molecule has 2 aromatic rings. The van der Waals surface area contributed by atoms with Crippen molar-refractivity contribution in [2.24, 2.45) is 0 Å². The second-order valence-electron chi connectivity index (χ2n) is 3.14. The molecule has 2 nitrogen and oxygen atoms in total. The van der Waals surface area contributed by atoms with Gasteiger partial charge < -0.3 is 4.98 Å². The standard InChI is InChI=1S/C11H9BrN2/c1-2-8-9-5-7(6-13)3-4-10(9)14-11(8)12/h3-5,14H,2H2,1H3. The first-order valence-corrected chi connectivity index (χ1v) is 5.25. The largest absolute Gasteiger partial charge is 0.349 e. The summed E-state index contributed by atoms with van der Waals surface area (Å²) in [6.07, 6.45) is 0.954. The van der Waals surface area contributed by atoms with Gasteiger partial charge in [-0.1, -0.05) is 6.92 Å². The maximum Gasteiger partial charge on any atom is 0.0991 e. The van der Waals surface area contributed by atoms with Crippen molar-refractivity contribution in [1.29, 1.82) is 5.26 Å². The van der Waals surface area contributed by atoms with Gasteiger partial charge in [0.25, 0.3) is 0 Å². The minimum Gasteiger partial charge on any atom is -0.349 e. The maximum atomic E-state index is 8.80. The normalized spacial score (nSPS) is 10.4. The average molecular weight is 249 g/mol. The number of aryl methyl sites for hydroxylation is 1. The fourth-order valence-electron chi connectivity index (χ4n) is 1.63. The molecule has 0 saturated heterocycles. The van der Waals surface area contributed by atoms with E-state index < -0.39 is 0 Å². The smallest absolute Gasteiger partial charge is 0.0991 e. The van der Waals surface area contributed by atoms with E-state index in [2.05, 4.69) is 33.9 Å². The fraction of sp³-hybridized carbons (Fsp3) is 0.182. The SMILES string of the molecule is CCc1c(Br)[nH]c2ccc(C#N)cc12. The van der Waals surface area contributed by atoms with E-state index in [0.29, 0.717) is 5.56 Å². The molecule has 0 radical (unpaired) electrons. The first-order chi connectivity index (χ1) is 6.76. The summed E-state index contributed by atoms with van der Waals surface area (Å²) in [7, 11) is 0. The third kappa shape index (κ3) is 1.32. The summed E-state index contributed by atoms with van der Waals surface area (Å²) in [6.45, 7) is 2.10. The Morgan fingerprint density at radius 1 is 1.50 bits per heavy atom. The molecule has 0 saturated carbocycles. The van der Waals surface area contributed by atoms with Crippen LogP contribution in [0.5, 0.6) is 0 Å². The van der Waals surface area contributed by atoms with Gasteiger partial charge in [0.2, 0.25) is 0 Å². The van der Waals surface area contributed by atoms with Crippen LogP contribution in [0.3, 0.4) is 0 Å². The Balaban J connectivity index is 2.79. The molecule has 14 heavy (non-hydrogen) atoms. The zero-order valence-corrected chi connectivity index (χ0v) is 9.35. The second-order valence-corrected chi connectivity index (χ2v) is 3.94. The first-order valence-electron chi connectivity index (χ1n) is 4.46. The van der Waals surface area contributed by atoms with Gasteiger partial charge in [-0.15, -0.1) is 0 Å². The van der Waals surface area contributed by atoms with Crippen molar-refractivity contribution in [3.63, 3.8) is 0 Å². The predicted octanol–water partition coefficient (Wildman–Crippen LogP) is 3.36. The van der Waals surface area contributed by atoms with E-state index in [0.717, 1.165) is 21.9 Å². The zero-order chi connectivity index (χ0) is 10.1. The number of H-pyrrole nitrogens is 1. The van der Waals surface area contributed by atoms with Crippen LogP contribution in [0.15, 0.2) is 22.8 Å². The number of fused-ring (bicyclic) bond motifs is 1. The van der Waals surface area contributed by atoms with Gasteiger partial charge in [-0.25, -0.2) is 0 Å². The molecule has 0 fully saturated rings. The zero-order valence-electron chi connectivity index (χ0n) is 7.76. The van der Waals surface area contributed by atoms with E-state index in [1.807, 2.05) is 18.2 Å². The van der Waals surface area contributed by atoms with E-state index in [1.165, 1.54) is 5.56 Å². The number of hydrogen-bond acceptors (Lipinski definition) is 1. The molecule has 3 heteroatoms. The lowest BCUT2D eigenvalue weighted by Gasteiger charge is -1.94. The topological polar surface area (TPSA) is 39.6 Å². The van der Waals surface area contributed by atoms with Crippen LogP contribution < -0.4 is 0 Å². The van der Waals surface area contributed by atoms with Crippen molar-refractivity contribution < 1.29 is 0 Å². The average Bonchev–Trinajstić information content (AvgIpc) is 2.52. The minimum atomic E-state index is 0.707. The Hall–Kier alpha value is -1.27. The number of hydrogen-bond donors (Lipinski definition) is 1. The molecule has 1 N–H and O–H groups in total. The van der Waals surface area contributed by atoms with Gasteiger partial charge in [-0.2, -0.15) is 5.26 Å². The molecule has 1 aromatic heterocycles. The third-order valence-electron chi connectivity index (χ3n) is 2.34. The third-order valence-corrected chi connectivity index (χ3v) is 3.01. The van der Waals surface area contributed by atoms with Crippen LogP contribution in [0.2, 0.25) is 0 Å². The Bertz CT molecular complexity index is 520. The maximum absolute atomic E-state index is 8.80. The summed E-state index contributed by atoms with van der Waals surface area (Å²) in [5.74, 6) is 0. The van der Waals surface area contributed by atoms with Gasteiger partial charge in [0, 0.05) is 10.9 Å². The quantitative estimate of drug-likeness (QED) is 0.826. The molecule has 0 bridgehead atoms. The van der Waals surface area contributed by atoms with Crippen LogP contribution in [0.1, 0.15) is 18.1 Å². The van der Waals surface area contributed by atoms with Crippen LogP contribution in [-0.2, 0) is 6.42 Å². The van der Waals surface area contributed by atoms with Crippen molar-refractivity contribution in [2.45, 2.75) is 13.3 Å². The van der Waals surface area contributed by atoms with E-state index in [4.69, 9.17) is 5.26 Å². The van der Waals surface area contributed by atoms with Crippen LogP contribution >= 0.6 is 15.9 Å². The summed E-state index contributed by atoms with van der Waals surface area (Å²) in [5.41, 5.74) is 3.02. The van der Waals surface area contributed by atoms with Crippen LogP contribution in [-0.4, -0.2) is 4.98 Å². The molecule has 0 aliphatic rings. The van der Waals surface area contributed by atoms with E-state index in [1.54, 1.807) is 0 Å². The summed E-state index contributed by atoms with van der Waals surface area (Å²) < 4.78 is 1.02. The minimum absolute atomic E-state index is 0.707. The molecule has 0 amide bonds. The second kappa shape index (κ2) is 3.47. The van der Waals surface area contributed by atoms with E-state index in [9.17, 15) is 0 Å². The Morgan fingerprint density at radius 3 is 2.93 bits per heavy atom. The molecule has 0 unspecified atom stereocenters. The van der Waals surface area contributed by atoms with E-state index in [-0.39, 0.29) is 0 Å². The van der Waals surface area contributed by atoms with Crippen molar-refractivity contribution in [3.05, 3.63) is 33.9 Å². The fourth-order valence-corrected chi connectivity index (χ4v) is 2.34. The Morgan fingerprint density at radius 2 is 2.29 bits per heavy atom. The van der Waals surface area contributed by atoms with Crippen molar-refractivity contribution in [3.8, 4) is 6.07 Å². The lowest BCUT2D eigenvalue weighted by atomic mass is 10.1. The lowest BCUT2D eigenvalue weighted by Crippen LogP contribution is -1.78. The molecule has 0 aliphatic heterocycles. The molecule has 1 aromatic carbocycles. The monoisotopic (exact) mass is 248 g/mol. The number of nitriles is 1. The van der Waals surface area contributed by atoms with Crippen molar-refractivity contribution >= 4 is 26.8 Å². The van der Waals surface area contributed by atoms with Gasteiger partial charge >= 0.3 is 0 Å². The van der Waals surface area contributed by atoms with Gasteiger partial charge in [0.1, 0.15) is 0 Å². The summed E-state index contributed by atoms with van der Waals surface area (Å²) in [5, 5.41) is 9.93. The lowest BCUT2D eigenvalue weighted by molar-refractivity contribution is 1.14. The summed E-state index contributed by atoms with van der Waals surface area (Å²) >= 11 is 3.48. The highest BCUT2D eigenvalue weighted by molar-refractivity contribution is 9.10. The Labute approximate surface area is 90.7 Å². The highest BCUT2D eigenvalue weighted by Gasteiger charge is 2.07.